The van der Waals surface area contributed by atoms with Crippen LogP contribution in [-0.4, -0.2) is 58.0 Å². The van der Waals surface area contributed by atoms with Crippen LogP contribution in [0.1, 0.15) is 18.4 Å². The Morgan fingerprint density at radius 1 is 1.15 bits per heavy atom. The Morgan fingerprint density at radius 2 is 2.00 bits per heavy atom. The summed E-state index contributed by atoms with van der Waals surface area (Å²) in [6.45, 7) is 3.59. The van der Waals surface area contributed by atoms with Crippen LogP contribution in [0.2, 0.25) is 0 Å². The molecule has 1 aromatic heterocycles. The largest absolute Gasteiger partial charge is 0.382 e. The van der Waals surface area contributed by atoms with Gasteiger partial charge in [0.25, 0.3) is 0 Å². The molecule has 0 spiro atoms. The van der Waals surface area contributed by atoms with Crippen molar-refractivity contribution in [2.24, 2.45) is 4.99 Å². The van der Waals surface area contributed by atoms with Gasteiger partial charge >= 0.3 is 0 Å². The predicted molar refractivity (Wildman–Crippen MR) is 103 cm³/mol. The zero-order valence-corrected chi connectivity index (χ0v) is 15.6. The number of hydrogen-bond acceptors (Lipinski definition) is 3. The second-order valence-electron chi connectivity index (χ2n) is 5.99. The molecule has 0 amide bonds. The minimum atomic E-state index is -0.213. The Hall–Kier alpha value is -2.12. The summed E-state index contributed by atoms with van der Waals surface area (Å²) < 4.78 is 23.8. The van der Waals surface area contributed by atoms with Gasteiger partial charge in [-0.25, -0.2) is 4.39 Å². The number of nitrogens with one attached hydrogen (secondary N) is 3. The molecule has 0 atom stereocenters. The van der Waals surface area contributed by atoms with Crippen molar-refractivity contribution < 1.29 is 13.9 Å². The Bertz CT molecular complexity index is 687. The number of guanidine groups is 1. The van der Waals surface area contributed by atoms with Gasteiger partial charge in [-0.2, -0.15) is 0 Å². The maximum Gasteiger partial charge on any atom is 0.190 e. The maximum absolute atomic E-state index is 13.4. The Balaban J connectivity index is 1.63. The number of nitrogens with zero attached hydrogens (tertiary/aromatic N) is 1. The summed E-state index contributed by atoms with van der Waals surface area (Å²) in [6.07, 6.45) is 4.73. The molecule has 26 heavy (non-hydrogen) atoms. The number of ether oxygens (including phenoxy) is 2. The van der Waals surface area contributed by atoms with E-state index in [-0.39, 0.29) is 5.82 Å². The first-order valence-electron chi connectivity index (χ1n) is 9.01. The third-order valence-corrected chi connectivity index (χ3v) is 4.08. The molecule has 0 aliphatic rings. The first kappa shape index (κ1) is 20.2. The van der Waals surface area contributed by atoms with Crippen molar-refractivity contribution >= 4 is 16.9 Å². The molecule has 1 heterocycles. The van der Waals surface area contributed by atoms with Crippen molar-refractivity contribution in [2.75, 3.05) is 47.1 Å². The van der Waals surface area contributed by atoms with Crippen molar-refractivity contribution in [3.05, 3.63) is 35.8 Å². The lowest BCUT2D eigenvalue weighted by Gasteiger charge is -2.11. The minimum absolute atomic E-state index is 0.213. The topological polar surface area (TPSA) is 70.7 Å². The first-order chi connectivity index (χ1) is 12.7. The molecule has 2 aromatic rings. The molecule has 0 fully saturated rings. The van der Waals surface area contributed by atoms with Crippen LogP contribution >= 0.6 is 0 Å². The fourth-order valence-electron chi connectivity index (χ4n) is 2.67. The minimum Gasteiger partial charge on any atom is -0.382 e. The molecule has 0 aliphatic carbocycles. The van der Waals surface area contributed by atoms with E-state index in [4.69, 9.17) is 9.47 Å². The maximum atomic E-state index is 13.4. The van der Waals surface area contributed by atoms with E-state index in [1.165, 1.54) is 6.07 Å². The fraction of sp³-hybridized carbons (Fsp3) is 0.526. The van der Waals surface area contributed by atoms with Crippen molar-refractivity contribution in [3.63, 3.8) is 0 Å². The van der Waals surface area contributed by atoms with Crippen LogP contribution in [0.5, 0.6) is 0 Å². The van der Waals surface area contributed by atoms with Gasteiger partial charge in [0, 0.05) is 51.0 Å². The average Bonchev–Trinajstić information content (AvgIpc) is 3.04. The van der Waals surface area contributed by atoms with Crippen molar-refractivity contribution in [1.82, 2.24) is 15.6 Å². The Morgan fingerprint density at radius 3 is 2.81 bits per heavy atom. The standard InChI is InChI=1S/C19H29FN4O2/c1-21-19(22-8-3-4-10-26-12-11-25-2)23-9-7-15-14-24-18-6-5-16(20)13-17(15)18/h5-6,13-14,24H,3-4,7-12H2,1-2H3,(H2,21,22,23). The zero-order valence-electron chi connectivity index (χ0n) is 15.6. The molecular weight excluding hydrogens is 335 g/mol. The van der Waals surface area contributed by atoms with Gasteiger partial charge in [0.2, 0.25) is 0 Å². The number of benzene rings is 1. The molecule has 6 nitrogen and oxygen atoms in total. The Labute approximate surface area is 154 Å². The zero-order chi connectivity index (χ0) is 18.6. The number of unbranched alkanes of at least 4 members (excludes halogenated alkanes) is 1. The van der Waals surface area contributed by atoms with Crippen LogP contribution in [0.3, 0.4) is 0 Å². The highest BCUT2D eigenvalue weighted by Gasteiger charge is 2.05. The summed E-state index contributed by atoms with van der Waals surface area (Å²) in [5.74, 6) is 0.561. The molecule has 144 valence electrons. The number of halogens is 1. The summed E-state index contributed by atoms with van der Waals surface area (Å²) >= 11 is 0. The summed E-state index contributed by atoms with van der Waals surface area (Å²) in [5, 5.41) is 7.51. The number of aliphatic imine (C=N–C) groups is 1. The number of rotatable bonds is 11. The van der Waals surface area contributed by atoms with E-state index in [0.29, 0.717) is 13.2 Å². The van der Waals surface area contributed by atoms with Gasteiger partial charge in [0.1, 0.15) is 5.82 Å². The molecule has 1 aromatic carbocycles. The van der Waals surface area contributed by atoms with E-state index in [1.54, 1.807) is 26.3 Å². The van der Waals surface area contributed by atoms with Gasteiger partial charge in [-0.1, -0.05) is 0 Å². The summed E-state index contributed by atoms with van der Waals surface area (Å²) in [5.41, 5.74) is 2.05. The van der Waals surface area contributed by atoms with Crippen molar-refractivity contribution in [2.45, 2.75) is 19.3 Å². The van der Waals surface area contributed by atoms with E-state index >= 15 is 0 Å². The lowest BCUT2D eigenvalue weighted by molar-refractivity contribution is 0.0689. The normalized spacial score (nSPS) is 11.9. The third kappa shape index (κ3) is 6.65. The molecule has 0 radical (unpaired) electrons. The van der Waals surface area contributed by atoms with Gasteiger partial charge in [-0.05, 0) is 43.0 Å². The van der Waals surface area contributed by atoms with Crippen LogP contribution < -0.4 is 10.6 Å². The lowest BCUT2D eigenvalue weighted by atomic mass is 10.1. The third-order valence-electron chi connectivity index (χ3n) is 4.08. The Kier molecular flexibility index (Phi) is 8.92. The van der Waals surface area contributed by atoms with E-state index in [2.05, 4.69) is 20.6 Å². The van der Waals surface area contributed by atoms with Crippen LogP contribution in [0.25, 0.3) is 10.9 Å². The van der Waals surface area contributed by atoms with E-state index < -0.39 is 0 Å². The number of hydrogen-bond donors (Lipinski definition) is 3. The van der Waals surface area contributed by atoms with E-state index in [9.17, 15) is 4.39 Å². The lowest BCUT2D eigenvalue weighted by Crippen LogP contribution is -2.38. The molecular formula is C19H29FN4O2. The number of fused-ring (bicyclic) bond motifs is 1. The highest BCUT2D eigenvalue weighted by molar-refractivity contribution is 5.83. The first-order valence-corrected chi connectivity index (χ1v) is 9.01. The van der Waals surface area contributed by atoms with Crippen molar-refractivity contribution in [1.29, 1.82) is 0 Å². The van der Waals surface area contributed by atoms with E-state index in [0.717, 1.165) is 61.4 Å². The summed E-state index contributed by atoms with van der Waals surface area (Å²) in [6, 6.07) is 4.80. The SMILES string of the molecule is CN=C(NCCCCOCCOC)NCCc1c[nH]c2ccc(F)cc12. The molecule has 0 saturated heterocycles. The smallest absolute Gasteiger partial charge is 0.190 e. The highest BCUT2D eigenvalue weighted by Crippen LogP contribution is 2.19. The second kappa shape index (κ2) is 11.5. The van der Waals surface area contributed by atoms with Crippen LogP contribution in [0.15, 0.2) is 29.4 Å². The second-order valence-corrected chi connectivity index (χ2v) is 5.99. The summed E-state index contributed by atoms with van der Waals surface area (Å²) in [7, 11) is 3.42. The van der Waals surface area contributed by atoms with Gasteiger partial charge in [0.05, 0.1) is 13.2 Å². The average molecular weight is 364 g/mol. The van der Waals surface area contributed by atoms with Gasteiger partial charge in [-0.15, -0.1) is 0 Å². The van der Waals surface area contributed by atoms with Crippen LogP contribution in [0.4, 0.5) is 4.39 Å². The molecule has 2 rings (SSSR count). The quantitative estimate of drug-likeness (QED) is 0.325. The number of aromatic nitrogens is 1. The molecule has 0 aliphatic heterocycles. The highest BCUT2D eigenvalue weighted by atomic mass is 19.1. The molecule has 0 bridgehead atoms. The monoisotopic (exact) mass is 364 g/mol. The van der Waals surface area contributed by atoms with Crippen LogP contribution in [0, 0.1) is 5.82 Å². The van der Waals surface area contributed by atoms with Crippen LogP contribution in [-0.2, 0) is 15.9 Å². The van der Waals surface area contributed by atoms with Gasteiger partial charge in [0.15, 0.2) is 5.96 Å². The molecule has 0 unspecified atom stereocenters. The van der Waals surface area contributed by atoms with Gasteiger partial charge in [-0.3, -0.25) is 4.99 Å². The van der Waals surface area contributed by atoms with Crippen molar-refractivity contribution in [3.8, 4) is 0 Å². The molecule has 7 heteroatoms. The number of methoxy groups -OCH3 is 1. The summed E-state index contributed by atoms with van der Waals surface area (Å²) in [4.78, 5) is 7.39. The molecule has 3 N–H and O–H groups in total. The molecule has 0 saturated carbocycles. The number of H-pyrrole nitrogens is 1. The fourth-order valence-corrected chi connectivity index (χ4v) is 2.67. The van der Waals surface area contributed by atoms with Gasteiger partial charge < -0.3 is 25.1 Å². The van der Waals surface area contributed by atoms with E-state index in [1.807, 2.05) is 6.20 Å². The predicted octanol–water partition coefficient (Wildman–Crippen LogP) is 2.46. The number of aromatic amines is 1.